The minimum atomic E-state index is -1.31. The maximum atomic E-state index is 4.66. The Labute approximate surface area is 234 Å². The molecular formula is C31H38IrN2Si2-2. The Hall–Kier alpha value is -2.18. The van der Waals surface area contributed by atoms with Gasteiger partial charge in [-0.2, -0.15) is 0 Å². The topological polar surface area (TPSA) is 25.8 Å². The molecule has 2 nitrogen and oxygen atoms in total. The molecule has 0 unspecified atom stereocenters. The SMILES string of the molecule is CCCc1cc(-c2[c-]cccc2)ncc1[Si](C)(C)C.C[Si](C)(C)c1cc[c-]c(-c2ccccn2)c1.[Ir]. The maximum absolute atomic E-state index is 4.66. The summed E-state index contributed by atoms with van der Waals surface area (Å²) in [6.07, 6.45) is 6.25. The van der Waals surface area contributed by atoms with Crippen molar-refractivity contribution in [3.05, 3.63) is 96.8 Å². The van der Waals surface area contributed by atoms with E-state index >= 15 is 0 Å². The summed E-state index contributed by atoms with van der Waals surface area (Å²) in [5.74, 6) is 0. The largest absolute Gasteiger partial charge is 0.305 e. The standard InChI is InChI=1S/C17H22NSi.C14H16NSi.Ir/c1-5-9-15-12-16(14-10-7-6-8-11-14)18-13-17(15)19(2,3)4;1-16(2,3)13-8-6-7-12(11-13)14-9-4-5-10-15-14;/h6-8,10,12-13H,5,9H2,1-4H3;4-6,8-11H,1-3H3;/q2*-1;. The van der Waals surface area contributed by atoms with E-state index in [1.165, 1.54) is 22.4 Å². The quantitative estimate of drug-likeness (QED) is 0.159. The molecule has 0 aliphatic rings. The van der Waals surface area contributed by atoms with E-state index < -0.39 is 16.1 Å². The van der Waals surface area contributed by atoms with Crippen molar-refractivity contribution in [1.29, 1.82) is 0 Å². The van der Waals surface area contributed by atoms with Crippen molar-refractivity contribution in [3.8, 4) is 22.5 Å². The molecule has 5 heteroatoms. The van der Waals surface area contributed by atoms with Crippen molar-refractivity contribution >= 4 is 26.5 Å². The number of benzene rings is 2. The molecule has 0 saturated heterocycles. The molecule has 0 aliphatic heterocycles. The molecule has 0 saturated carbocycles. The molecule has 0 atom stereocenters. The molecule has 0 N–H and O–H groups in total. The molecule has 0 aliphatic carbocycles. The van der Waals surface area contributed by atoms with Crippen LogP contribution in [0.15, 0.2) is 79.1 Å². The minimum absolute atomic E-state index is 0. The first-order valence-corrected chi connectivity index (χ1v) is 19.5. The van der Waals surface area contributed by atoms with E-state index in [-0.39, 0.29) is 20.1 Å². The zero-order chi connectivity index (χ0) is 25.5. The van der Waals surface area contributed by atoms with Gasteiger partial charge in [0.2, 0.25) is 0 Å². The van der Waals surface area contributed by atoms with Gasteiger partial charge >= 0.3 is 0 Å². The molecule has 0 amide bonds. The van der Waals surface area contributed by atoms with Crippen molar-refractivity contribution in [1.82, 2.24) is 9.97 Å². The smallest absolute Gasteiger partial charge is 0.0798 e. The van der Waals surface area contributed by atoms with Crippen LogP contribution >= 0.6 is 0 Å². The van der Waals surface area contributed by atoms with Gasteiger partial charge in [-0.05, 0) is 29.1 Å². The van der Waals surface area contributed by atoms with Crippen molar-refractivity contribution < 1.29 is 20.1 Å². The van der Waals surface area contributed by atoms with Gasteiger partial charge in [-0.3, -0.25) is 0 Å². The van der Waals surface area contributed by atoms with Crippen LogP contribution < -0.4 is 10.4 Å². The van der Waals surface area contributed by atoms with Gasteiger partial charge in [0.25, 0.3) is 0 Å². The second-order valence-electron chi connectivity index (χ2n) is 11.0. The third-order valence-corrected chi connectivity index (χ3v) is 10.0. The monoisotopic (exact) mass is 687 g/mol. The summed E-state index contributed by atoms with van der Waals surface area (Å²) in [5, 5.41) is 2.95. The fourth-order valence-corrected chi connectivity index (χ4v) is 6.72. The first-order chi connectivity index (χ1) is 16.6. The number of aromatic nitrogens is 2. The van der Waals surface area contributed by atoms with Gasteiger partial charge in [0, 0.05) is 32.5 Å². The second kappa shape index (κ2) is 13.4. The third-order valence-electron chi connectivity index (χ3n) is 5.91. The average Bonchev–Trinajstić information content (AvgIpc) is 2.85. The van der Waals surface area contributed by atoms with Gasteiger partial charge < -0.3 is 9.97 Å². The first kappa shape index (κ1) is 30.0. The van der Waals surface area contributed by atoms with Gasteiger partial charge in [-0.1, -0.05) is 76.4 Å². The Morgan fingerprint density at radius 1 is 0.722 bits per heavy atom. The van der Waals surface area contributed by atoms with E-state index in [0.717, 1.165) is 28.9 Å². The van der Waals surface area contributed by atoms with Crippen LogP contribution in [0.1, 0.15) is 18.9 Å². The van der Waals surface area contributed by atoms with Crippen LogP contribution in [0.3, 0.4) is 0 Å². The molecule has 1 radical (unpaired) electrons. The van der Waals surface area contributed by atoms with Crippen LogP contribution in [0.25, 0.3) is 22.5 Å². The number of aryl methyl sites for hydroxylation is 1. The molecule has 191 valence electrons. The summed E-state index contributed by atoms with van der Waals surface area (Å²) in [7, 11) is -2.56. The summed E-state index contributed by atoms with van der Waals surface area (Å²) in [6.45, 7) is 16.5. The molecule has 0 spiro atoms. The minimum Gasteiger partial charge on any atom is -0.305 e. The Morgan fingerprint density at radius 3 is 2.03 bits per heavy atom. The normalized spacial score (nSPS) is 11.2. The van der Waals surface area contributed by atoms with Crippen LogP contribution in [0, 0.1) is 12.1 Å². The predicted octanol–water partition coefficient (Wildman–Crippen LogP) is 7.14. The summed E-state index contributed by atoms with van der Waals surface area (Å²) in [5.41, 5.74) is 5.71. The fraction of sp³-hybridized carbons (Fsp3) is 0.290. The van der Waals surface area contributed by atoms with E-state index in [1.54, 1.807) is 0 Å². The molecule has 4 aromatic rings. The van der Waals surface area contributed by atoms with Gasteiger partial charge in [-0.25, -0.2) is 0 Å². The predicted molar refractivity (Wildman–Crippen MR) is 157 cm³/mol. The molecule has 2 aromatic carbocycles. The van der Waals surface area contributed by atoms with E-state index in [2.05, 4.69) is 98.8 Å². The summed E-state index contributed by atoms with van der Waals surface area (Å²) in [6, 6.07) is 29.2. The number of rotatable bonds is 6. The van der Waals surface area contributed by atoms with Crippen molar-refractivity contribution in [2.75, 3.05) is 0 Å². The van der Waals surface area contributed by atoms with Gasteiger partial charge in [0.15, 0.2) is 0 Å². The van der Waals surface area contributed by atoms with Crippen LogP contribution in [0.5, 0.6) is 0 Å². The van der Waals surface area contributed by atoms with Crippen molar-refractivity contribution in [2.24, 2.45) is 0 Å². The fourth-order valence-electron chi connectivity index (χ4n) is 3.95. The number of hydrogen-bond acceptors (Lipinski definition) is 2. The molecule has 0 bridgehead atoms. The van der Waals surface area contributed by atoms with E-state index in [9.17, 15) is 0 Å². The van der Waals surface area contributed by atoms with Crippen molar-refractivity contribution in [2.45, 2.75) is 59.0 Å². The number of nitrogens with zero attached hydrogens (tertiary/aromatic N) is 2. The Kier molecular flexibility index (Phi) is 11.2. The molecule has 0 fully saturated rings. The summed E-state index contributed by atoms with van der Waals surface area (Å²) in [4.78, 5) is 9.02. The third kappa shape index (κ3) is 8.45. The average molecular weight is 687 g/mol. The molecular weight excluding hydrogens is 649 g/mol. The van der Waals surface area contributed by atoms with E-state index in [4.69, 9.17) is 0 Å². The Morgan fingerprint density at radius 2 is 1.44 bits per heavy atom. The zero-order valence-electron chi connectivity index (χ0n) is 22.6. The van der Waals surface area contributed by atoms with Crippen LogP contribution in [-0.2, 0) is 26.5 Å². The molecule has 2 aromatic heterocycles. The first-order valence-electron chi connectivity index (χ1n) is 12.5. The molecule has 4 rings (SSSR count). The van der Waals surface area contributed by atoms with Crippen molar-refractivity contribution in [3.63, 3.8) is 0 Å². The van der Waals surface area contributed by atoms with Crippen LogP contribution in [0.2, 0.25) is 39.3 Å². The van der Waals surface area contributed by atoms with Gasteiger partial charge in [0.1, 0.15) is 0 Å². The summed E-state index contributed by atoms with van der Waals surface area (Å²) >= 11 is 0. The number of hydrogen-bond donors (Lipinski definition) is 0. The zero-order valence-corrected chi connectivity index (χ0v) is 27.0. The Balaban J connectivity index is 0.000000250. The van der Waals surface area contributed by atoms with E-state index in [1.807, 2.05) is 48.7 Å². The van der Waals surface area contributed by atoms with Gasteiger partial charge in [-0.15, -0.1) is 70.9 Å². The van der Waals surface area contributed by atoms with Crippen LogP contribution in [0.4, 0.5) is 0 Å². The number of pyridine rings is 2. The molecule has 36 heavy (non-hydrogen) atoms. The van der Waals surface area contributed by atoms with Crippen LogP contribution in [-0.4, -0.2) is 26.1 Å². The van der Waals surface area contributed by atoms with E-state index in [0.29, 0.717) is 0 Å². The summed E-state index contributed by atoms with van der Waals surface area (Å²) < 4.78 is 0. The second-order valence-corrected chi connectivity index (χ2v) is 21.1. The van der Waals surface area contributed by atoms with Gasteiger partial charge in [0.05, 0.1) is 16.1 Å². The maximum Gasteiger partial charge on any atom is 0.0798 e. The Bertz CT molecular complexity index is 1210. The molecule has 2 heterocycles.